The van der Waals surface area contributed by atoms with Gasteiger partial charge in [-0.25, -0.2) is 0 Å². The minimum Gasteiger partial charge on any atom is -0.497 e. The fraction of sp³-hybridized carbons (Fsp3) is 0.471. The van der Waals surface area contributed by atoms with Crippen molar-refractivity contribution in [2.45, 2.75) is 49.4 Å². The predicted molar refractivity (Wildman–Crippen MR) is 103 cm³/mol. The van der Waals surface area contributed by atoms with Crippen LogP contribution in [0.5, 0.6) is 5.75 Å². The van der Waals surface area contributed by atoms with Crippen LogP contribution in [0.4, 0.5) is 5.13 Å². The maximum atomic E-state index is 12.3. The van der Waals surface area contributed by atoms with Gasteiger partial charge >= 0.3 is 0 Å². The molecule has 8 heteroatoms. The van der Waals surface area contributed by atoms with Crippen LogP contribution in [-0.4, -0.2) is 34.0 Å². The fourth-order valence-corrected chi connectivity index (χ4v) is 4.04. The first-order valence-electron chi connectivity index (χ1n) is 7.96. The molecule has 2 N–H and O–H groups in total. The van der Waals surface area contributed by atoms with Crippen LogP contribution >= 0.6 is 23.1 Å². The number of nitrogens with zero attached hydrogens (tertiary/aromatic N) is 2. The van der Waals surface area contributed by atoms with E-state index in [0.717, 1.165) is 20.8 Å². The second kappa shape index (κ2) is 8.53. The van der Waals surface area contributed by atoms with Crippen LogP contribution < -0.4 is 15.4 Å². The smallest absolute Gasteiger partial charge is 0.233 e. The lowest BCUT2D eigenvalue weighted by molar-refractivity contribution is -0.120. The Kier molecular flexibility index (Phi) is 6.66. The average molecular weight is 381 g/mol. The fourth-order valence-electron chi connectivity index (χ4n) is 1.91. The van der Waals surface area contributed by atoms with E-state index < -0.39 is 0 Å². The molecule has 0 unspecified atom stereocenters. The van der Waals surface area contributed by atoms with Crippen LogP contribution in [0.2, 0.25) is 0 Å². The number of carbonyl (C=O) groups is 1. The van der Waals surface area contributed by atoms with Crippen LogP contribution in [-0.2, 0) is 11.3 Å². The molecule has 136 valence electrons. The molecule has 0 radical (unpaired) electrons. The van der Waals surface area contributed by atoms with Gasteiger partial charge in [0.25, 0.3) is 0 Å². The molecule has 0 spiro atoms. The number of thioether (sulfide) groups is 1. The minimum atomic E-state index is -0.242. The Morgan fingerprint density at radius 3 is 2.56 bits per heavy atom. The van der Waals surface area contributed by atoms with Gasteiger partial charge in [-0.1, -0.05) is 35.2 Å². The summed E-state index contributed by atoms with van der Waals surface area (Å²) in [6.07, 6.45) is 0. The lowest BCUT2D eigenvalue weighted by atomic mass is 10.1. The van der Waals surface area contributed by atoms with Gasteiger partial charge in [0.15, 0.2) is 4.34 Å². The molecule has 0 aliphatic carbocycles. The monoisotopic (exact) mass is 380 g/mol. The Bertz CT molecular complexity index is 695. The van der Waals surface area contributed by atoms with Crippen molar-refractivity contribution in [3.05, 3.63) is 29.8 Å². The lowest BCUT2D eigenvalue weighted by Crippen LogP contribution is -2.30. The predicted octanol–water partition coefficient (Wildman–Crippen LogP) is 3.55. The Morgan fingerprint density at radius 1 is 1.28 bits per heavy atom. The number of amides is 1. The van der Waals surface area contributed by atoms with Crippen molar-refractivity contribution >= 4 is 34.1 Å². The summed E-state index contributed by atoms with van der Waals surface area (Å²) in [5.74, 6) is 0.774. The quantitative estimate of drug-likeness (QED) is 0.716. The molecule has 2 aromatic rings. The highest BCUT2D eigenvalue weighted by Gasteiger charge is 2.18. The summed E-state index contributed by atoms with van der Waals surface area (Å²) in [5, 5.41) is 15.0. The van der Waals surface area contributed by atoms with Crippen molar-refractivity contribution < 1.29 is 9.53 Å². The molecule has 1 heterocycles. The SMILES string of the molecule is COc1ccc(CNC(=O)[C@H](C)Sc2nnc(NC(C)(C)C)s2)cc1. The number of anilines is 1. The number of hydrogen-bond acceptors (Lipinski definition) is 7. The molecule has 0 bridgehead atoms. The van der Waals surface area contributed by atoms with Gasteiger partial charge < -0.3 is 15.4 Å². The Labute approximate surface area is 156 Å². The molecule has 1 aromatic carbocycles. The summed E-state index contributed by atoms with van der Waals surface area (Å²) in [7, 11) is 1.63. The number of carbonyl (C=O) groups excluding carboxylic acids is 1. The van der Waals surface area contributed by atoms with Crippen LogP contribution in [0.3, 0.4) is 0 Å². The van der Waals surface area contributed by atoms with E-state index in [-0.39, 0.29) is 16.7 Å². The zero-order chi connectivity index (χ0) is 18.4. The molecular weight excluding hydrogens is 356 g/mol. The molecule has 1 aromatic heterocycles. The number of benzene rings is 1. The molecule has 0 saturated heterocycles. The van der Waals surface area contributed by atoms with Gasteiger partial charge in [0, 0.05) is 12.1 Å². The van der Waals surface area contributed by atoms with Crippen LogP contribution in [0, 0.1) is 0 Å². The summed E-state index contributed by atoms with van der Waals surface area (Å²) < 4.78 is 5.90. The molecular formula is C17H24N4O2S2. The zero-order valence-corrected chi connectivity index (χ0v) is 16.8. The maximum absolute atomic E-state index is 12.3. The van der Waals surface area contributed by atoms with E-state index in [0.29, 0.717) is 6.54 Å². The maximum Gasteiger partial charge on any atom is 0.233 e. The summed E-state index contributed by atoms with van der Waals surface area (Å²) >= 11 is 2.87. The van der Waals surface area contributed by atoms with E-state index in [4.69, 9.17) is 4.74 Å². The van der Waals surface area contributed by atoms with E-state index in [1.807, 2.05) is 31.2 Å². The molecule has 1 amide bonds. The van der Waals surface area contributed by atoms with Crippen molar-refractivity contribution in [2.75, 3.05) is 12.4 Å². The number of rotatable bonds is 7. The first kappa shape index (κ1) is 19.5. The third kappa shape index (κ3) is 6.55. The summed E-state index contributed by atoms with van der Waals surface area (Å²) in [5.41, 5.74) is 0.960. The van der Waals surface area contributed by atoms with Crippen molar-refractivity contribution in [3.63, 3.8) is 0 Å². The van der Waals surface area contributed by atoms with Crippen LogP contribution in [0.15, 0.2) is 28.6 Å². The first-order chi connectivity index (χ1) is 11.8. The van der Waals surface area contributed by atoms with Gasteiger partial charge in [-0.2, -0.15) is 0 Å². The topological polar surface area (TPSA) is 76.1 Å². The highest BCUT2D eigenvalue weighted by Crippen LogP contribution is 2.30. The summed E-state index contributed by atoms with van der Waals surface area (Å²) in [6, 6.07) is 7.63. The van der Waals surface area contributed by atoms with Crippen LogP contribution in [0.1, 0.15) is 33.3 Å². The number of methoxy groups -OCH3 is 1. The van der Waals surface area contributed by atoms with Gasteiger partial charge in [0.2, 0.25) is 11.0 Å². The highest BCUT2D eigenvalue weighted by molar-refractivity contribution is 8.02. The largest absolute Gasteiger partial charge is 0.497 e. The zero-order valence-electron chi connectivity index (χ0n) is 15.1. The standard InChI is InChI=1S/C17H24N4O2S2/c1-11(24-16-21-20-15(25-16)19-17(2,3)4)14(22)18-10-12-6-8-13(23-5)9-7-12/h6-9,11H,10H2,1-5H3,(H,18,22)(H,19,20)/t11-/m0/s1. The highest BCUT2D eigenvalue weighted by atomic mass is 32.2. The number of aromatic nitrogens is 2. The second-order valence-corrected chi connectivity index (χ2v) is 9.14. The molecule has 0 fully saturated rings. The van der Waals surface area contributed by atoms with Gasteiger partial charge in [0.1, 0.15) is 5.75 Å². The molecule has 0 aliphatic rings. The van der Waals surface area contributed by atoms with Crippen molar-refractivity contribution in [1.82, 2.24) is 15.5 Å². The lowest BCUT2D eigenvalue weighted by Gasteiger charge is -2.18. The Hall–Kier alpha value is -1.80. The first-order valence-corrected chi connectivity index (χ1v) is 9.65. The van der Waals surface area contributed by atoms with Gasteiger partial charge in [0.05, 0.1) is 12.4 Å². The molecule has 1 atom stereocenters. The second-order valence-electron chi connectivity index (χ2n) is 6.57. The average Bonchev–Trinajstić information content (AvgIpc) is 2.97. The molecule has 2 rings (SSSR count). The van der Waals surface area contributed by atoms with E-state index in [1.165, 1.54) is 23.1 Å². The number of nitrogens with one attached hydrogen (secondary N) is 2. The molecule has 0 saturated carbocycles. The summed E-state index contributed by atoms with van der Waals surface area (Å²) in [6.45, 7) is 8.55. The summed E-state index contributed by atoms with van der Waals surface area (Å²) in [4.78, 5) is 12.3. The van der Waals surface area contributed by atoms with E-state index in [2.05, 4.69) is 41.6 Å². The van der Waals surface area contributed by atoms with Crippen LogP contribution in [0.25, 0.3) is 0 Å². The molecule has 6 nitrogen and oxygen atoms in total. The van der Waals surface area contributed by atoms with Gasteiger partial charge in [-0.05, 0) is 45.4 Å². The van der Waals surface area contributed by atoms with E-state index in [1.54, 1.807) is 7.11 Å². The van der Waals surface area contributed by atoms with Crippen molar-refractivity contribution in [2.24, 2.45) is 0 Å². The Morgan fingerprint density at radius 2 is 1.96 bits per heavy atom. The van der Waals surface area contributed by atoms with Crippen molar-refractivity contribution in [1.29, 1.82) is 0 Å². The van der Waals surface area contributed by atoms with Gasteiger partial charge in [-0.3, -0.25) is 4.79 Å². The normalized spacial score (nSPS) is 12.5. The van der Waals surface area contributed by atoms with Crippen molar-refractivity contribution in [3.8, 4) is 5.75 Å². The minimum absolute atomic E-state index is 0.0265. The van der Waals surface area contributed by atoms with E-state index >= 15 is 0 Å². The molecule has 0 aliphatic heterocycles. The number of ether oxygens (including phenoxy) is 1. The Balaban J connectivity index is 1.83. The number of hydrogen-bond donors (Lipinski definition) is 2. The van der Waals surface area contributed by atoms with E-state index in [9.17, 15) is 4.79 Å². The third-order valence-corrected chi connectivity index (χ3v) is 5.18. The molecule has 25 heavy (non-hydrogen) atoms. The third-order valence-electron chi connectivity index (χ3n) is 3.16. The van der Waals surface area contributed by atoms with Gasteiger partial charge in [-0.15, -0.1) is 10.2 Å².